The molecule has 5 nitrogen and oxygen atoms in total. The summed E-state index contributed by atoms with van der Waals surface area (Å²) < 4.78 is 42.5. The van der Waals surface area contributed by atoms with Crippen molar-refractivity contribution in [2.24, 2.45) is 0 Å². The van der Waals surface area contributed by atoms with E-state index in [1.807, 2.05) is 30.3 Å². The van der Waals surface area contributed by atoms with E-state index in [0.29, 0.717) is 13.1 Å². The molecule has 0 unspecified atom stereocenters. The average molecular weight is 426 g/mol. The first-order chi connectivity index (χ1) is 14.9. The molecule has 3 aromatic rings. The van der Waals surface area contributed by atoms with E-state index in [9.17, 15) is 18.0 Å². The van der Waals surface area contributed by atoms with Gasteiger partial charge in [-0.1, -0.05) is 54.6 Å². The fourth-order valence-electron chi connectivity index (χ4n) is 4.41. The monoisotopic (exact) mass is 426 g/mol. The Morgan fingerprint density at radius 3 is 2.48 bits per heavy atom. The number of nitrogens with one attached hydrogen (secondary N) is 1. The Labute approximate surface area is 177 Å². The first kappa shape index (κ1) is 19.7. The summed E-state index contributed by atoms with van der Waals surface area (Å²) in [7, 11) is 0. The molecule has 0 bridgehead atoms. The molecule has 1 amide bonds. The summed E-state index contributed by atoms with van der Waals surface area (Å²) in [5.41, 5.74) is 3.05. The minimum Gasteiger partial charge on any atom is -0.363 e. The van der Waals surface area contributed by atoms with Gasteiger partial charge >= 0.3 is 6.18 Å². The van der Waals surface area contributed by atoms with Gasteiger partial charge in [0, 0.05) is 25.6 Å². The van der Waals surface area contributed by atoms with Crippen LogP contribution in [0.4, 0.5) is 19.0 Å². The summed E-state index contributed by atoms with van der Waals surface area (Å²) in [5.74, 6) is -0.140. The number of carbonyl (C=O) groups excluding carboxylic acids is 1. The third-order valence-electron chi connectivity index (χ3n) is 6.03. The van der Waals surface area contributed by atoms with Gasteiger partial charge in [-0.15, -0.1) is 0 Å². The first-order valence-corrected chi connectivity index (χ1v) is 10.2. The summed E-state index contributed by atoms with van der Waals surface area (Å²) in [5, 5.41) is 7.24. The molecule has 3 heterocycles. The maximum atomic E-state index is 13.9. The Balaban J connectivity index is 1.44. The van der Waals surface area contributed by atoms with E-state index in [1.54, 1.807) is 29.2 Å². The predicted octanol–water partition coefficient (Wildman–Crippen LogP) is 4.74. The summed E-state index contributed by atoms with van der Waals surface area (Å²) in [4.78, 5) is 14.7. The molecule has 31 heavy (non-hydrogen) atoms. The normalized spacial score (nSPS) is 20.5. The topological polar surface area (TPSA) is 50.2 Å². The number of alkyl halides is 3. The minimum atomic E-state index is -4.47. The van der Waals surface area contributed by atoms with Gasteiger partial charge < -0.3 is 10.2 Å². The van der Waals surface area contributed by atoms with E-state index >= 15 is 0 Å². The Hall–Kier alpha value is -3.29. The molecular formula is C23H21F3N4O. The smallest absolute Gasteiger partial charge is 0.363 e. The van der Waals surface area contributed by atoms with Crippen LogP contribution in [0.3, 0.4) is 0 Å². The van der Waals surface area contributed by atoms with Crippen LogP contribution in [0.1, 0.15) is 45.7 Å². The van der Waals surface area contributed by atoms with Gasteiger partial charge in [0.15, 0.2) is 11.7 Å². The molecule has 5 rings (SSSR count). The standard InChI is InChI=1S/C23H21F3N4O/c24-23(25,26)20-12-18(16-7-2-1-3-8-16)27-21-13-19(28-30(20)21)22(31)29-11-10-15-6-4-5-9-17(15)14-29/h1-9,13,18,20,27H,10-12,14H2/t18-,20-/m1/s1. The van der Waals surface area contributed by atoms with Gasteiger partial charge in [-0.25, -0.2) is 4.68 Å². The van der Waals surface area contributed by atoms with Crippen molar-refractivity contribution in [3.05, 3.63) is 83.0 Å². The summed E-state index contributed by atoms with van der Waals surface area (Å²) in [6.07, 6.45) is -3.94. The molecule has 1 N–H and O–H groups in total. The van der Waals surface area contributed by atoms with Gasteiger partial charge in [-0.3, -0.25) is 4.79 Å². The molecule has 0 saturated carbocycles. The van der Waals surface area contributed by atoms with Crippen molar-refractivity contribution in [1.29, 1.82) is 0 Å². The van der Waals surface area contributed by atoms with Crippen LogP contribution >= 0.6 is 0 Å². The lowest BCUT2D eigenvalue weighted by molar-refractivity contribution is -0.173. The molecule has 0 spiro atoms. The molecule has 2 aliphatic heterocycles. The van der Waals surface area contributed by atoms with Crippen LogP contribution in [0, 0.1) is 0 Å². The molecule has 1 aromatic heterocycles. The average Bonchev–Trinajstić information content (AvgIpc) is 3.21. The summed E-state index contributed by atoms with van der Waals surface area (Å²) >= 11 is 0. The number of aromatic nitrogens is 2. The molecule has 160 valence electrons. The number of carbonyl (C=O) groups is 1. The molecule has 2 aliphatic rings. The van der Waals surface area contributed by atoms with Crippen molar-refractivity contribution in [2.75, 3.05) is 11.9 Å². The number of benzene rings is 2. The fraction of sp³-hybridized carbons (Fsp3) is 0.304. The van der Waals surface area contributed by atoms with Crippen LogP contribution < -0.4 is 5.32 Å². The zero-order valence-corrected chi connectivity index (χ0v) is 16.6. The minimum absolute atomic E-state index is 0.0323. The van der Waals surface area contributed by atoms with E-state index in [1.165, 1.54) is 11.6 Å². The molecule has 2 aromatic carbocycles. The number of hydrogen-bond donors (Lipinski definition) is 1. The second kappa shape index (κ2) is 7.44. The lowest BCUT2D eigenvalue weighted by Gasteiger charge is -2.33. The number of rotatable bonds is 2. The second-order valence-electron chi connectivity index (χ2n) is 8.01. The molecule has 2 atom stereocenters. The lowest BCUT2D eigenvalue weighted by Crippen LogP contribution is -2.37. The van der Waals surface area contributed by atoms with Crippen molar-refractivity contribution >= 4 is 11.7 Å². The fourth-order valence-corrected chi connectivity index (χ4v) is 4.41. The lowest BCUT2D eigenvalue weighted by atomic mass is 9.97. The summed E-state index contributed by atoms with van der Waals surface area (Å²) in [6, 6.07) is 16.1. The van der Waals surface area contributed by atoms with Crippen LogP contribution in [0.5, 0.6) is 0 Å². The molecule has 0 saturated heterocycles. The SMILES string of the molecule is O=C(c1cc2n(n1)[C@@H](C(F)(F)F)C[C@H](c1ccccc1)N2)N1CCc2ccccc2C1. The van der Waals surface area contributed by atoms with Gasteiger partial charge in [-0.05, 0) is 23.1 Å². The van der Waals surface area contributed by atoms with Gasteiger partial charge in [0.1, 0.15) is 5.82 Å². The Bertz CT molecular complexity index is 1110. The number of anilines is 1. The van der Waals surface area contributed by atoms with E-state index in [0.717, 1.165) is 22.2 Å². The second-order valence-corrected chi connectivity index (χ2v) is 8.01. The number of hydrogen-bond acceptors (Lipinski definition) is 3. The van der Waals surface area contributed by atoms with Crippen LogP contribution in [0.25, 0.3) is 0 Å². The van der Waals surface area contributed by atoms with Gasteiger partial charge in [0.2, 0.25) is 0 Å². The largest absolute Gasteiger partial charge is 0.410 e. The van der Waals surface area contributed by atoms with E-state index in [-0.39, 0.29) is 23.8 Å². The maximum absolute atomic E-state index is 13.9. The molecule has 0 radical (unpaired) electrons. The summed E-state index contributed by atoms with van der Waals surface area (Å²) in [6.45, 7) is 0.945. The van der Waals surface area contributed by atoms with E-state index < -0.39 is 18.3 Å². The Morgan fingerprint density at radius 1 is 1.03 bits per heavy atom. The van der Waals surface area contributed by atoms with Gasteiger partial charge in [0.25, 0.3) is 5.91 Å². The highest BCUT2D eigenvalue weighted by Crippen LogP contribution is 2.43. The van der Waals surface area contributed by atoms with Crippen molar-refractivity contribution in [2.45, 2.75) is 37.6 Å². The quantitative estimate of drug-likeness (QED) is 0.644. The van der Waals surface area contributed by atoms with Crippen LogP contribution in [-0.2, 0) is 13.0 Å². The van der Waals surface area contributed by atoms with Crippen LogP contribution in [0.2, 0.25) is 0 Å². The van der Waals surface area contributed by atoms with Crippen molar-refractivity contribution in [1.82, 2.24) is 14.7 Å². The Kier molecular flexibility index (Phi) is 4.72. The van der Waals surface area contributed by atoms with Crippen LogP contribution in [0.15, 0.2) is 60.7 Å². The maximum Gasteiger partial charge on any atom is 0.410 e. The Morgan fingerprint density at radius 2 is 1.74 bits per heavy atom. The van der Waals surface area contributed by atoms with Crippen molar-refractivity contribution in [3.8, 4) is 0 Å². The third kappa shape index (κ3) is 3.66. The zero-order valence-electron chi connectivity index (χ0n) is 16.6. The number of nitrogens with zero attached hydrogens (tertiary/aromatic N) is 3. The third-order valence-corrected chi connectivity index (χ3v) is 6.03. The van der Waals surface area contributed by atoms with Crippen molar-refractivity contribution < 1.29 is 18.0 Å². The first-order valence-electron chi connectivity index (χ1n) is 10.2. The van der Waals surface area contributed by atoms with E-state index in [2.05, 4.69) is 10.4 Å². The van der Waals surface area contributed by atoms with Gasteiger partial charge in [0.05, 0.1) is 6.04 Å². The highest BCUT2D eigenvalue weighted by Gasteiger charge is 2.47. The zero-order chi connectivity index (χ0) is 21.6. The number of amides is 1. The number of halogens is 3. The molecular weight excluding hydrogens is 405 g/mol. The molecule has 0 fully saturated rings. The number of fused-ring (bicyclic) bond motifs is 2. The predicted molar refractivity (Wildman–Crippen MR) is 110 cm³/mol. The van der Waals surface area contributed by atoms with Crippen LogP contribution in [-0.4, -0.2) is 33.3 Å². The van der Waals surface area contributed by atoms with Crippen molar-refractivity contribution in [3.63, 3.8) is 0 Å². The molecule has 8 heteroatoms. The van der Waals surface area contributed by atoms with Gasteiger partial charge in [-0.2, -0.15) is 18.3 Å². The molecule has 0 aliphatic carbocycles. The highest BCUT2D eigenvalue weighted by molar-refractivity contribution is 5.93. The van der Waals surface area contributed by atoms with E-state index in [4.69, 9.17) is 0 Å². The highest BCUT2D eigenvalue weighted by atomic mass is 19.4.